The van der Waals surface area contributed by atoms with Gasteiger partial charge in [0.05, 0.1) is 6.61 Å². The first-order valence-corrected chi connectivity index (χ1v) is 11.2. The van der Waals surface area contributed by atoms with E-state index >= 15 is 0 Å². The predicted octanol–water partition coefficient (Wildman–Crippen LogP) is 3.00. The molecule has 1 heterocycles. The maximum Gasteiger partial charge on any atom is 0.414 e. The summed E-state index contributed by atoms with van der Waals surface area (Å²) in [6.07, 6.45) is 3.09. The monoisotopic (exact) mass is 466 g/mol. The molecule has 0 bridgehead atoms. The van der Waals surface area contributed by atoms with Gasteiger partial charge in [0.1, 0.15) is 29.1 Å². The third-order valence-corrected chi connectivity index (χ3v) is 5.96. The van der Waals surface area contributed by atoms with Gasteiger partial charge in [0.25, 0.3) is 0 Å². The number of alkyl halides is 2. The molecular formula is C19H28Cl2N2O7. The second kappa shape index (κ2) is 11.2. The highest BCUT2D eigenvalue weighted by Gasteiger charge is 2.66. The number of carbonyl (C=O) groups excluding carboxylic acids is 4. The van der Waals surface area contributed by atoms with Crippen molar-refractivity contribution in [2.24, 2.45) is 0 Å². The normalized spacial score (nSPS) is 27.2. The van der Waals surface area contributed by atoms with Gasteiger partial charge in [-0.15, -0.1) is 23.2 Å². The van der Waals surface area contributed by atoms with Crippen LogP contribution in [0, 0.1) is 0 Å². The number of ether oxygens (including phenoxy) is 3. The fourth-order valence-electron chi connectivity index (χ4n) is 3.90. The molecule has 30 heavy (non-hydrogen) atoms. The average Bonchev–Trinajstić information content (AvgIpc) is 3.49. The standard InChI is InChI=1S/C19H28Cl2N2O7/c1-2-3-4-5-7-18(30-17(27)23-15(25)11-21)9-13(6-8-19(18)12-28-19)29-16(26)22-14(24)10-20/h13H,2-12H2,1H3,(H,22,24,26)(H,23,25,27). The summed E-state index contributed by atoms with van der Waals surface area (Å²) in [6.45, 7) is 2.51. The molecule has 0 aromatic rings. The van der Waals surface area contributed by atoms with Crippen LogP contribution < -0.4 is 10.6 Å². The Morgan fingerprint density at radius 3 is 2.23 bits per heavy atom. The smallest absolute Gasteiger partial charge is 0.414 e. The summed E-state index contributed by atoms with van der Waals surface area (Å²) < 4.78 is 16.9. The van der Waals surface area contributed by atoms with Gasteiger partial charge in [0.15, 0.2) is 0 Å². The van der Waals surface area contributed by atoms with E-state index in [1.165, 1.54) is 0 Å². The number of nitrogens with one attached hydrogen (secondary N) is 2. The molecule has 3 unspecified atom stereocenters. The fraction of sp³-hybridized carbons (Fsp3) is 0.789. The minimum atomic E-state index is -1.06. The summed E-state index contributed by atoms with van der Waals surface area (Å²) in [6, 6.07) is 0. The molecule has 2 fully saturated rings. The molecule has 0 aromatic carbocycles. The van der Waals surface area contributed by atoms with Crippen molar-refractivity contribution in [1.82, 2.24) is 10.6 Å². The summed E-state index contributed by atoms with van der Waals surface area (Å²) in [5.74, 6) is -2.08. The van der Waals surface area contributed by atoms with Gasteiger partial charge in [0, 0.05) is 6.42 Å². The maximum absolute atomic E-state index is 12.4. The molecule has 3 atom stereocenters. The number of epoxide rings is 1. The number of hydrogen-bond acceptors (Lipinski definition) is 7. The number of unbranched alkanes of at least 4 members (excludes halogenated alkanes) is 3. The molecule has 1 saturated heterocycles. The third-order valence-electron chi connectivity index (χ3n) is 5.47. The van der Waals surface area contributed by atoms with Gasteiger partial charge in [-0.1, -0.05) is 26.2 Å². The van der Waals surface area contributed by atoms with E-state index in [0.717, 1.165) is 25.7 Å². The fourth-order valence-corrected chi connectivity index (χ4v) is 4.04. The van der Waals surface area contributed by atoms with Crippen molar-refractivity contribution in [3.05, 3.63) is 0 Å². The zero-order chi connectivity index (χ0) is 22.2. The zero-order valence-electron chi connectivity index (χ0n) is 17.0. The Morgan fingerprint density at radius 1 is 1.03 bits per heavy atom. The van der Waals surface area contributed by atoms with Crippen LogP contribution in [-0.2, 0) is 23.8 Å². The van der Waals surface area contributed by atoms with Crippen LogP contribution in [0.1, 0.15) is 58.3 Å². The first-order chi connectivity index (χ1) is 14.3. The van der Waals surface area contributed by atoms with Crippen LogP contribution in [0.15, 0.2) is 0 Å². The Hall–Kier alpha value is -1.58. The number of rotatable bonds is 9. The molecule has 170 valence electrons. The van der Waals surface area contributed by atoms with Crippen molar-refractivity contribution >= 4 is 47.2 Å². The van der Waals surface area contributed by atoms with Crippen LogP contribution in [0.5, 0.6) is 0 Å². The van der Waals surface area contributed by atoms with Gasteiger partial charge in [0.2, 0.25) is 11.8 Å². The van der Waals surface area contributed by atoms with E-state index in [2.05, 4.69) is 12.2 Å². The van der Waals surface area contributed by atoms with E-state index in [4.69, 9.17) is 37.4 Å². The van der Waals surface area contributed by atoms with E-state index in [1.807, 2.05) is 5.32 Å². The van der Waals surface area contributed by atoms with Gasteiger partial charge in [-0.25, -0.2) is 9.59 Å². The van der Waals surface area contributed by atoms with Gasteiger partial charge < -0.3 is 14.2 Å². The highest BCUT2D eigenvalue weighted by Crippen LogP contribution is 2.53. The molecule has 2 rings (SSSR count). The molecule has 0 radical (unpaired) electrons. The SMILES string of the molecule is CCCCCCC1(OC(=O)NC(=O)CCl)CC(OC(=O)NC(=O)CCl)CCC12CO2. The Balaban J connectivity index is 2.13. The second-order valence-corrected chi connectivity index (χ2v) is 8.15. The van der Waals surface area contributed by atoms with Crippen LogP contribution in [-0.4, -0.2) is 59.7 Å². The van der Waals surface area contributed by atoms with Crippen LogP contribution in [0.25, 0.3) is 0 Å². The number of hydrogen-bond donors (Lipinski definition) is 2. The molecule has 1 saturated carbocycles. The van der Waals surface area contributed by atoms with Gasteiger partial charge >= 0.3 is 12.2 Å². The average molecular weight is 467 g/mol. The van der Waals surface area contributed by atoms with Crippen LogP contribution in [0.2, 0.25) is 0 Å². The lowest BCUT2D eigenvalue weighted by Crippen LogP contribution is -2.57. The van der Waals surface area contributed by atoms with Gasteiger partial charge in [-0.3, -0.25) is 20.2 Å². The van der Waals surface area contributed by atoms with E-state index in [-0.39, 0.29) is 18.2 Å². The number of amides is 4. The minimum Gasteiger partial charge on any atom is -0.446 e. The molecule has 1 aliphatic heterocycles. The zero-order valence-corrected chi connectivity index (χ0v) is 18.5. The minimum absolute atomic E-state index is 0.199. The van der Waals surface area contributed by atoms with E-state index in [0.29, 0.717) is 25.9 Å². The van der Waals surface area contributed by atoms with Crippen molar-refractivity contribution in [1.29, 1.82) is 0 Å². The Kier molecular flexibility index (Phi) is 9.18. The molecule has 0 aromatic heterocycles. The number of halogens is 2. The molecular weight excluding hydrogens is 439 g/mol. The van der Waals surface area contributed by atoms with Gasteiger partial charge in [-0.2, -0.15) is 0 Å². The maximum atomic E-state index is 12.4. The van der Waals surface area contributed by atoms with Crippen molar-refractivity contribution in [3.8, 4) is 0 Å². The number of imide groups is 2. The number of alkyl carbamates (subject to hydrolysis) is 2. The highest BCUT2D eigenvalue weighted by molar-refractivity contribution is 6.28. The van der Waals surface area contributed by atoms with Crippen molar-refractivity contribution in [3.63, 3.8) is 0 Å². The Bertz CT molecular complexity index is 657. The summed E-state index contributed by atoms with van der Waals surface area (Å²) >= 11 is 10.8. The first-order valence-electron chi connectivity index (χ1n) is 10.1. The molecule has 1 aliphatic carbocycles. The molecule has 2 aliphatic rings. The molecule has 9 nitrogen and oxygen atoms in total. The number of carbonyl (C=O) groups is 4. The highest BCUT2D eigenvalue weighted by atomic mass is 35.5. The Labute approximate surface area is 185 Å². The Morgan fingerprint density at radius 2 is 1.67 bits per heavy atom. The molecule has 2 N–H and O–H groups in total. The van der Waals surface area contributed by atoms with E-state index < -0.39 is 41.3 Å². The molecule has 11 heteroatoms. The largest absolute Gasteiger partial charge is 0.446 e. The lowest BCUT2D eigenvalue weighted by molar-refractivity contribution is -0.124. The third kappa shape index (κ3) is 6.46. The summed E-state index contributed by atoms with van der Waals surface area (Å²) in [4.78, 5) is 47.1. The van der Waals surface area contributed by atoms with Crippen LogP contribution in [0.4, 0.5) is 9.59 Å². The first kappa shape index (κ1) is 24.7. The predicted molar refractivity (Wildman–Crippen MR) is 108 cm³/mol. The quantitative estimate of drug-likeness (QED) is 0.304. The lowest BCUT2D eigenvalue weighted by Gasteiger charge is -2.44. The van der Waals surface area contributed by atoms with Crippen LogP contribution >= 0.6 is 23.2 Å². The van der Waals surface area contributed by atoms with Gasteiger partial charge in [-0.05, 0) is 25.7 Å². The molecule has 4 amide bonds. The van der Waals surface area contributed by atoms with E-state index in [1.54, 1.807) is 0 Å². The summed E-state index contributed by atoms with van der Waals surface area (Å²) in [7, 11) is 0. The molecule has 1 spiro atoms. The summed E-state index contributed by atoms with van der Waals surface area (Å²) in [5.41, 5.74) is -1.72. The van der Waals surface area contributed by atoms with Crippen LogP contribution in [0.3, 0.4) is 0 Å². The van der Waals surface area contributed by atoms with Crippen molar-refractivity contribution in [2.75, 3.05) is 18.4 Å². The topological polar surface area (TPSA) is 123 Å². The summed E-state index contributed by atoms with van der Waals surface area (Å²) in [5, 5.41) is 4.12. The van der Waals surface area contributed by atoms with E-state index in [9.17, 15) is 19.2 Å². The lowest BCUT2D eigenvalue weighted by atomic mass is 9.71. The second-order valence-electron chi connectivity index (χ2n) is 7.61. The van der Waals surface area contributed by atoms with Crippen molar-refractivity contribution in [2.45, 2.75) is 75.6 Å². The van der Waals surface area contributed by atoms with Crippen molar-refractivity contribution < 1.29 is 33.4 Å².